The van der Waals surface area contributed by atoms with Gasteiger partial charge in [-0.3, -0.25) is 0 Å². The van der Waals surface area contributed by atoms with Crippen LogP contribution in [0.15, 0.2) is 54.6 Å². The molecule has 0 aliphatic carbocycles. The third-order valence-corrected chi connectivity index (χ3v) is 5.07. The van der Waals surface area contributed by atoms with Crippen LogP contribution in [0.4, 0.5) is 13.2 Å². The van der Waals surface area contributed by atoms with Crippen LogP contribution >= 0.6 is 0 Å². The number of allylic oxidation sites excluding steroid dienone is 1. The molecule has 2 aromatic rings. The summed E-state index contributed by atoms with van der Waals surface area (Å²) >= 11 is 0. The van der Waals surface area contributed by atoms with Crippen LogP contribution < -0.4 is 5.32 Å². The zero-order valence-corrected chi connectivity index (χ0v) is 17.9. The molecule has 168 valence electrons. The lowest BCUT2D eigenvalue weighted by atomic mass is 10.0. The summed E-state index contributed by atoms with van der Waals surface area (Å²) in [4.78, 5) is 11.3. The third-order valence-electron chi connectivity index (χ3n) is 5.07. The molecule has 0 spiro atoms. The van der Waals surface area contributed by atoms with Crippen LogP contribution in [0.25, 0.3) is 5.57 Å². The summed E-state index contributed by atoms with van der Waals surface area (Å²) in [6, 6.07) is 12.7. The Kier molecular flexibility index (Phi) is 8.83. The molecule has 2 atom stereocenters. The molecule has 0 aromatic heterocycles. The zero-order valence-electron chi connectivity index (χ0n) is 17.9. The molecule has 2 aromatic carbocycles. The highest BCUT2D eigenvalue weighted by Gasteiger charge is 2.30. The molecule has 0 heterocycles. The average molecular weight is 435 g/mol. The van der Waals surface area contributed by atoms with Crippen molar-refractivity contribution in [3.05, 3.63) is 76.9 Å². The first-order chi connectivity index (χ1) is 14.6. The van der Waals surface area contributed by atoms with Gasteiger partial charge in [-0.1, -0.05) is 36.4 Å². The van der Waals surface area contributed by atoms with E-state index in [4.69, 9.17) is 0 Å². The Balaban J connectivity index is 1.84. The minimum atomic E-state index is -4.43. The van der Waals surface area contributed by atoms with Crippen molar-refractivity contribution in [2.24, 2.45) is 0 Å². The van der Waals surface area contributed by atoms with Crippen molar-refractivity contribution in [3.63, 3.8) is 0 Å². The first-order valence-electron chi connectivity index (χ1n) is 10.0. The highest BCUT2D eigenvalue weighted by molar-refractivity contribution is 5.90. The van der Waals surface area contributed by atoms with Crippen molar-refractivity contribution >= 4 is 11.5 Å². The number of methoxy groups -OCH3 is 1. The standard InChI is InChI=1S/C24H28F3NO3/c1-16(13-23(30)31-3)19-11-9-18(10-12-19)8-7-17(2)28-15-22(29)20-5-4-6-21(14-20)24(25,26)27/h4-6,9-14,17,22,28-29H,7-8,15H2,1-3H3/t17-,22+/m1/s1. The molecule has 0 saturated heterocycles. The number of rotatable bonds is 9. The largest absolute Gasteiger partial charge is 0.466 e. The molecule has 7 heteroatoms. The van der Waals surface area contributed by atoms with E-state index < -0.39 is 23.8 Å². The first-order valence-corrected chi connectivity index (χ1v) is 10.0. The molecular weight excluding hydrogens is 407 g/mol. The molecule has 0 bridgehead atoms. The molecule has 0 aliphatic heterocycles. The second-order valence-electron chi connectivity index (χ2n) is 7.53. The molecule has 0 aliphatic rings. The molecule has 2 N–H and O–H groups in total. The maximum atomic E-state index is 12.8. The molecule has 0 radical (unpaired) electrons. The lowest BCUT2D eigenvalue weighted by molar-refractivity contribution is -0.137. The van der Waals surface area contributed by atoms with Gasteiger partial charge < -0.3 is 15.2 Å². The Labute approximate surface area is 180 Å². The van der Waals surface area contributed by atoms with Crippen molar-refractivity contribution in [1.29, 1.82) is 0 Å². The Hall–Kier alpha value is -2.64. The first kappa shape index (κ1) is 24.6. The smallest absolute Gasteiger partial charge is 0.416 e. The highest BCUT2D eigenvalue weighted by atomic mass is 19.4. The van der Waals surface area contributed by atoms with E-state index in [2.05, 4.69) is 10.1 Å². The van der Waals surface area contributed by atoms with Gasteiger partial charge >= 0.3 is 12.1 Å². The number of carbonyl (C=O) groups excluding carboxylic acids is 1. The lowest BCUT2D eigenvalue weighted by Crippen LogP contribution is -2.30. The fourth-order valence-corrected chi connectivity index (χ4v) is 3.09. The summed E-state index contributed by atoms with van der Waals surface area (Å²) in [5, 5.41) is 13.4. The fraction of sp³-hybridized carbons (Fsp3) is 0.375. The molecule has 0 saturated carbocycles. The topological polar surface area (TPSA) is 58.6 Å². The maximum absolute atomic E-state index is 12.8. The van der Waals surface area contributed by atoms with E-state index in [9.17, 15) is 23.1 Å². The summed E-state index contributed by atoms with van der Waals surface area (Å²) in [7, 11) is 1.34. The van der Waals surface area contributed by atoms with Crippen LogP contribution in [0, 0.1) is 0 Å². The number of hydrogen-bond acceptors (Lipinski definition) is 4. The second kappa shape index (κ2) is 11.1. The van der Waals surface area contributed by atoms with Crippen LogP contribution in [-0.2, 0) is 22.1 Å². The number of benzene rings is 2. The summed E-state index contributed by atoms with van der Waals surface area (Å²) in [6.07, 6.45) is -2.41. The summed E-state index contributed by atoms with van der Waals surface area (Å²) < 4.78 is 43.1. The van der Waals surface area contributed by atoms with Crippen molar-refractivity contribution in [3.8, 4) is 0 Å². The minimum absolute atomic E-state index is 0.0704. The van der Waals surface area contributed by atoms with Gasteiger partial charge in [0.1, 0.15) is 0 Å². The predicted octanol–water partition coefficient (Wildman–Crippen LogP) is 4.93. The van der Waals surface area contributed by atoms with Crippen LogP contribution in [0.2, 0.25) is 0 Å². The summed E-state index contributed by atoms with van der Waals surface area (Å²) in [6.45, 7) is 3.98. The second-order valence-corrected chi connectivity index (χ2v) is 7.53. The molecular formula is C24H28F3NO3. The SMILES string of the molecule is COC(=O)C=C(C)c1ccc(CC[C@@H](C)NC[C@H](O)c2cccc(C(F)(F)F)c2)cc1. The molecule has 0 fully saturated rings. The van der Waals surface area contributed by atoms with E-state index in [1.807, 2.05) is 38.1 Å². The van der Waals surface area contributed by atoms with E-state index in [1.165, 1.54) is 25.3 Å². The molecule has 2 rings (SSSR count). The number of esters is 1. The van der Waals surface area contributed by atoms with Crippen molar-refractivity contribution < 1.29 is 27.8 Å². The normalized spacial score (nSPS) is 14.2. The number of aliphatic hydroxyl groups is 1. The number of halogens is 3. The van der Waals surface area contributed by atoms with Gasteiger partial charge in [-0.15, -0.1) is 0 Å². The van der Waals surface area contributed by atoms with Crippen LogP contribution in [-0.4, -0.2) is 30.8 Å². The van der Waals surface area contributed by atoms with Crippen LogP contribution in [0.1, 0.15) is 48.6 Å². The van der Waals surface area contributed by atoms with Gasteiger partial charge in [-0.05, 0) is 61.1 Å². The fourth-order valence-electron chi connectivity index (χ4n) is 3.09. The number of alkyl halides is 3. The van der Waals surface area contributed by atoms with Gasteiger partial charge in [0.25, 0.3) is 0 Å². The summed E-state index contributed by atoms with van der Waals surface area (Å²) in [5.41, 5.74) is 2.35. The van der Waals surface area contributed by atoms with Crippen molar-refractivity contribution in [2.45, 2.75) is 45.0 Å². The number of ether oxygens (including phenoxy) is 1. The van der Waals surface area contributed by atoms with E-state index in [0.29, 0.717) is 0 Å². The Morgan fingerprint density at radius 2 is 1.87 bits per heavy atom. The lowest BCUT2D eigenvalue weighted by Gasteiger charge is -2.18. The number of aryl methyl sites for hydroxylation is 1. The van der Waals surface area contributed by atoms with Gasteiger partial charge in [0.2, 0.25) is 0 Å². The Morgan fingerprint density at radius 3 is 2.48 bits per heavy atom. The third kappa shape index (κ3) is 7.84. The molecule has 31 heavy (non-hydrogen) atoms. The minimum Gasteiger partial charge on any atom is -0.466 e. The summed E-state index contributed by atoms with van der Waals surface area (Å²) in [5.74, 6) is -0.395. The predicted molar refractivity (Wildman–Crippen MR) is 114 cm³/mol. The number of hydrogen-bond donors (Lipinski definition) is 2. The number of carbonyl (C=O) groups is 1. The number of nitrogens with one attached hydrogen (secondary N) is 1. The van der Waals surface area contributed by atoms with Crippen LogP contribution in [0.3, 0.4) is 0 Å². The molecule has 0 amide bonds. The quantitative estimate of drug-likeness (QED) is 0.433. The van der Waals surface area contributed by atoms with Crippen molar-refractivity contribution in [1.82, 2.24) is 5.32 Å². The molecule has 0 unspecified atom stereocenters. The van der Waals surface area contributed by atoms with Crippen LogP contribution in [0.5, 0.6) is 0 Å². The van der Waals surface area contributed by atoms with Gasteiger partial charge in [0.05, 0.1) is 18.8 Å². The van der Waals surface area contributed by atoms with Gasteiger partial charge in [0, 0.05) is 18.7 Å². The number of aliphatic hydroxyl groups excluding tert-OH is 1. The Morgan fingerprint density at radius 1 is 1.19 bits per heavy atom. The molecule has 4 nitrogen and oxygen atoms in total. The van der Waals surface area contributed by atoms with Gasteiger partial charge in [-0.2, -0.15) is 13.2 Å². The van der Waals surface area contributed by atoms with Gasteiger partial charge in [-0.25, -0.2) is 4.79 Å². The van der Waals surface area contributed by atoms with Gasteiger partial charge in [0.15, 0.2) is 0 Å². The van der Waals surface area contributed by atoms with E-state index in [0.717, 1.165) is 41.7 Å². The van der Waals surface area contributed by atoms with E-state index >= 15 is 0 Å². The average Bonchev–Trinajstić information content (AvgIpc) is 2.75. The maximum Gasteiger partial charge on any atom is 0.416 e. The highest BCUT2D eigenvalue weighted by Crippen LogP contribution is 2.30. The van der Waals surface area contributed by atoms with Crippen molar-refractivity contribution in [2.75, 3.05) is 13.7 Å². The Bertz CT molecular complexity index is 892. The van der Waals surface area contributed by atoms with E-state index in [-0.39, 0.29) is 18.2 Å². The monoisotopic (exact) mass is 435 g/mol. The van der Waals surface area contributed by atoms with E-state index in [1.54, 1.807) is 0 Å². The zero-order chi connectivity index (χ0) is 23.0.